The highest BCUT2D eigenvalue weighted by Gasteiger charge is 2.10. The molecule has 0 aliphatic heterocycles. The van der Waals surface area contributed by atoms with Crippen molar-refractivity contribution in [1.82, 2.24) is 20.1 Å². The van der Waals surface area contributed by atoms with Crippen molar-refractivity contribution in [2.75, 3.05) is 6.54 Å². The van der Waals surface area contributed by atoms with Crippen molar-refractivity contribution in [3.05, 3.63) is 51.0 Å². The number of aromatic nitrogens is 3. The molecule has 0 saturated carbocycles. The van der Waals surface area contributed by atoms with Crippen LogP contribution in [-0.4, -0.2) is 27.2 Å². The van der Waals surface area contributed by atoms with Gasteiger partial charge in [-0.2, -0.15) is 5.10 Å². The van der Waals surface area contributed by atoms with Crippen LogP contribution in [0.4, 0.5) is 0 Å². The molecule has 0 aliphatic rings. The van der Waals surface area contributed by atoms with Crippen LogP contribution in [0.3, 0.4) is 0 Å². The zero-order valence-corrected chi connectivity index (χ0v) is 15.5. The molecule has 0 saturated heterocycles. The Labute approximate surface area is 151 Å². The van der Waals surface area contributed by atoms with E-state index >= 15 is 0 Å². The van der Waals surface area contributed by atoms with Crippen LogP contribution in [0.1, 0.15) is 38.2 Å². The summed E-state index contributed by atoms with van der Waals surface area (Å²) in [7, 11) is 0. The van der Waals surface area contributed by atoms with Crippen molar-refractivity contribution >= 4 is 35.8 Å². The zero-order chi connectivity index (χ0) is 17.7. The molecule has 2 rings (SSSR count). The molecule has 0 atom stereocenters. The van der Waals surface area contributed by atoms with Gasteiger partial charge >= 0.3 is 0 Å². The summed E-state index contributed by atoms with van der Waals surface area (Å²) in [4.78, 5) is 12.2. The molecule has 2 N–H and O–H groups in total. The van der Waals surface area contributed by atoms with E-state index in [0.717, 1.165) is 11.4 Å². The van der Waals surface area contributed by atoms with Gasteiger partial charge in [0.2, 0.25) is 5.91 Å². The molecule has 128 valence electrons. The molecule has 0 spiro atoms. The third-order valence-electron chi connectivity index (χ3n) is 3.56. The Bertz CT molecular complexity index is 807. The van der Waals surface area contributed by atoms with E-state index in [2.05, 4.69) is 15.5 Å². The highest BCUT2D eigenvalue weighted by molar-refractivity contribution is 7.71. The lowest BCUT2D eigenvalue weighted by Crippen LogP contribution is -2.27. The smallest absolute Gasteiger partial charge is 0.246 e. The second kappa shape index (κ2) is 8.26. The standard InChI is InChI=1S/C17H21ClN4OS/c1-11(2)22-15(20-21-17(22)24)8-9-19-16(23)12(3)10-13-6-4-5-7-14(13)18/h4-7,10-11H,8-9H2,1-3H3,(H,19,23)(H,21,24)/b12-10+. The van der Waals surface area contributed by atoms with Crippen molar-refractivity contribution < 1.29 is 4.79 Å². The zero-order valence-electron chi connectivity index (χ0n) is 14.0. The predicted octanol–water partition coefficient (Wildman–Crippen LogP) is 3.94. The second-order valence-electron chi connectivity index (χ2n) is 5.76. The molecule has 24 heavy (non-hydrogen) atoms. The highest BCUT2D eigenvalue weighted by Crippen LogP contribution is 2.18. The van der Waals surface area contributed by atoms with Crippen LogP contribution < -0.4 is 5.32 Å². The SMILES string of the molecule is C/C(=C\c1ccccc1Cl)C(=O)NCCc1n[nH]c(=S)n1C(C)C. The summed E-state index contributed by atoms with van der Waals surface area (Å²) in [5.74, 6) is 0.711. The quantitative estimate of drug-likeness (QED) is 0.602. The summed E-state index contributed by atoms with van der Waals surface area (Å²) in [6, 6.07) is 7.64. The first-order chi connectivity index (χ1) is 11.4. The Kier molecular flexibility index (Phi) is 6.34. The minimum absolute atomic E-state index is 0.125. The summed E-state index contributed by atoms with van der Waals surface area (Å²) in [5, 5.41) is 10.5. The van der Waals surface area contributed by atoms with Gasteiger partial charge in [0.05, 0.1) is 0 Å². The van der Waals surface area contributed by atoms with E-state index in [4.69, 9.17) is 23.8 Å². The minimum atomic E-state index is -0.125. The second-order valence-corrected chi connectivity index (χ2v) is 6.56. The average molecular weight is 365 g/mol. The van der Waals surface area contributed by atoms with Crippen molar-refractivity contribution in [3.63, 3.8) is 0 Å². The van der Waals surface area contributed by atoms with E-state index in [1.165, 1.54) is 0 Å². The summed E-state index contributed by atoms with van der Waals surface area (Å²) in [5.41, 5.74) is 1.43. The number of halogens is 1. The third kappa shape index (κ3) is 4.55. The minimum Gasteiger partial charge on any atom is -0.352 e. The average Bonchev–Trinajstić information content (AvgIpc) is 2.90. The van der Waals surface area contributed by atoms with E-state index in [0.29, 0.717) is 28.3 Å². The Hall–Kier alpha value is -1.92. The number of hydrogen-bond donors (Lipinski definition) is 2. The first-order valence-corrected chi connectivity index (χ1v) is 8.55. The van der Waals surface area contributed by atoms with E-state index < -0.39 is 0 Å². The molecule has 5 nitrogen and oxygen atoms in total. The van der Waals surface area contributed by atoms with Gasteiger partial charge in [0.25, 0.3) is 0 Å². The van der Waals surface area contributed by atoms with Crippen LogP contribution in [0.15, 0.2) is 29.8 Å². The molecule has 2 aromatic rings. The van der Waals surface area contributed by atoms with E-state index in [1.807, 2.05) is 36.6 Å². The summed E-state index contributed by atoms with van der Waals surface area (Å²) < 4.78 is 2.55. The highest BCUT2D eigenvalue weighted by atomic mass is 35.5. The number of H-pyrrole nitrogens is 1. The molecule has 0 bridgehead atoms. The first kappa shape index (κ1) is 18.4. The summed E-state index contributed by atoms with van der Waals surface area (Å²) >= 11 is 11.3. The predicted molar refractivity (Wildman–Crippen MR) is 99.6 cm³/mol. The third-order valence-corrected chi connectivity index (χ3v) is 4.20. The molecule has 1 aromatic carbocycles. The molecule has 0 fully saturated rings. The van der Waals surface area contributed by atoms with Gasteiger partial charge in [0, 0.05) is 29.6 Å². The number of carbonyl (C=O) groups is 1. The van der Waals surface area contributed by atoms with Crippen LogP contribution >= 0.6 is 23.8 Å². The Morgan fingerprint density at radius 1 is 1.46 bits per heavy atom. The largest absolute Gasteiger partial charge is 0.352 e. The van der Waals surface area contributed by atoms with Crippen molar-refractivity contribution in [2.24, 2.45) is 0 Å². The number of rotatable bonds is 6. The number of hydrogen-bond acceptors (Lipinski definition) is 3. The van der Waals surface area contributed by atoms with Crippen molar-refractivity contribution in [1.29, 1.82) is 0 Å². The lowest BCUT2D eigenvalue weighted by molar-refractivity contribution is -0.117. The van der Waals surface area contributed by atoms with Gasteiger partial charge in [-0.15, -0.1) is 0 Å². The summed E-state index contributed by atoms with van der Waals surface area (Å²) in [6.07, 6.45) is 2.39. The molecule has 0 radical (unpaired) electrons. The number of nitrogens with zero attached hydrogens (tertiary/aromatic N) is 2. The fourth-order valence-corrected chi connectivity index (χ4v) is 2.92. The lowest BCUT2D eigenvalue weighted by Gasteiger charge is -2.11. The van der Waals surface area contributed by atoms with Crippen LogP contribution in [0.25, 0.3) is 6.08 Å². The monoisotopic (exact) mass is 364 g/mol. The molecule has 0 aliphatic carbocycles. The van der Waals surface area contributed by atoms with E-state index in [1.54, 1.807) is 19.1 Å². The fourth-order valence-electron chi connectivity index (χ4n) is 2.36. The maximum absolute atomic E-state index is 12.2. The van der Waals surface area contributed by atoms with E-state index in [-0.39, 0.29) is 11.9 Å². The van der Waals surface area contributed by atoms with Crippen LogP contribution in [0.2, 0.25) is 5.02 Å². The normalized spacial score (nSPS) is 11.8. The van der Waals surface area contributed by atoms with Crippen LogP contribution in [0, 0.1) is 4.77 Å². The maximum Gasteiger partial charge on any atom is 0.246 e. The molecule has 1 aromatic heterocycles. The first-order valence-electron chi connectivity index (χ1n) is 7.77. The number of nitrogens with one attached hydrogen (secondary N) is 2. The summed E-state index contributed by atoms with van der Waals surface area (Å²) in [6.45, 7) is 6.34. The van der Waals surface area contributed by atoms with Gasteiger partial charge in [-0.3, -0.25) is 9.89 Å². The maximum atomic E-state index is 12.2. The van der Waals surface area contributed by atoms with Gasteiger partial charge in [-0.05, 0) is 50.7 Å². The van der Waals surface area contributed by atoms with Gasteiger partial charge < -0.3 is 9.88 Å². The molecule has 0 unspecified atom stereocenters. The van der Waals surface area contributed by atoms with Crippen molar-refractivity contribution in [2.45, 2.75) is 33.2 Å². The van der Waals surface area contributed by atoms with Crippen LogP contribution in [-0.2, 0) is 11.2 Å². The van der Waals surface area contributed by atoms with Crippen LogP contribution in [0.5, 0.6) is 0 Å². The Balaban J connectivity index is 1.96. The Morgan fingerprint density at radius 2 is 2.17 bits per heavy atom. The van der Waals surface area contributed by atoms with Gasteiger partial charge in [-0.1, -0.05) is 29.8 Å². The van der Waals surface area contributed by atoms with Gasteiger partial charge in [0.1, 0.15) is 5.82 Å². The number of amides is 1. The van der Waals surface area contributed by atoms with E-state index in [9.17, 15) is 4.79 Å². The molecular formula is C17H21ClN4OS. The molecule has 1 heterocycles. The molecular weight excluding hydrogens is 344 g/mol. The van der Waals surface area contributed by atoms with Crippen molar-refractivity contribution in [3.8, 4) is 0 Å². The van der Waals surface area contributed by atoms with Gasteiger partial charge in [0.15, 0.2) is 4.77 Å². The number of aromatic amines is 1. The fraction of sp³-hybridized carbons (Fsp3) is 0.353. The lowest BCUT2D eigenvalue weighted by atomic mass is 10.1. The number of benzene rings is 1. The van der Waals surface area contributed by atoms with Gasteiger partial charge in [-0.25, -0.2) is 0 Å². The molecule has 7 heteroatoms. The Morgan fingerprint density at radius 3 is 2.83 bits per heavy atom. The topological polar surface area (TPSA) is 62.7 Å². The molecule has 1 amide bonds. The number of carbonyl (C=O) groups excluding carboxylic acids is 1.